The second-order valence-electron chi connectivity index (χ2n) is 6.16. The quantitative estimate of drug-likeness (QED) is 0.430. The predicted octanol–water partition coefficient (Wildman–Crippen LogP) is 6.68. The standard InChI is InChI=1S/C21H21O4P.ClH/c1-16-4-10-19(11-5-16)23-26(22,24-20-12-6-17(2)7-13-20)25-21-14-8-18(3)9-15-21;/h4-15H,1-3H3;1H. The molecule has 3 aromatic rings. The SMILES string of the molecule is Cc1ccc(OP(=O)(Oc2ccc(C)cc2)Oc2ccc(C)cc2)cc1.Cl. The van der Waals surface area contributed by atoms with Crippen LogP contribution >= 0.6 is 20.2 Å². The smallest absolute Gasteiger partial charge is 0.386 e. The van der Waals surface area contributed by atoms with E-state index in [1.54, 1.807) is 36.4 Å². The van der Waals surface area contributed by atoms with Gasteiger partial charge in [-0.2, -0.15) is 4.57 Å². The molecule has 0 bridgehead atoms. The lowest BCUT2D eigenvalue weighted by Gasteiger charge is -2.19. The van der Waals surface area contributed by atoms with Crippen molar-refractivity contribution >= 4 is 20.2 Å². The molecule has 4 nitrogen and oxygen atoms in total. The first kappa shape index (κ1) is 20.9. The van der Waals surface area contributed by atoms with Gasteiger partial charge in [0.15, 0.2) is 0 Å². The molecular weight excluding hydrogens is 383 g/mol. The van der Waals surface area contributed by atoms with Gasteiger partial charge in [0, 0.05) is 0 Å². The molecule has 0 saturated carbocycles. The average molecular weight is 405 g/mol. The number of benzene rings is 3. The summed E-state index contributed by atoms with van der Waals surface area (Å²) in [6.07, 6.45) is 0. The Balaban J connectivity index is 0.00000261. The van der Waals surface area contributed by atoms with Gasteiger partial charge >= 0.3 is 7.82 Å². The maximum atomic E-state index is 13.3. The molecule has 27 heavy (non-hydrogen) atoms. The summed E-state index contributed by atoms with van der Waals surface area (Å²) in [6, 6.07) is 21.6. The molecule has 0 aromatic heterocycles. The van der Waals surface area contributed by atoms with E-state index in [-0.39, 0.29) is 12.4 Å². The van der Waals surface area contributed by atoms with Crippen molar-refractivity contribution in [1.29, 1.82) is 0 Å². The summed E-state index contributed by atoms with van der Waals surface area (Å²) in [4.78, 5) is 0. The van der Waals surface area contributed by atoms with Crippen LogP contribution in [0, 0.1) is 20.8 Å². The number of hydrogen-bond donors (Lipinski definition) is 0. The zero-order valence-electron chi connectivity index (χ0n) is 15.4. The van der Waals surface area contributed by atoms with Crippen LogP contribution in [-0.4, -0.2) is 0 Å². The first-order valence-corrected chi connectivity index (χ1v) is 9.77. The van der Waals surface area contributed by atoms with Gasteiger partial charge in [0.2, 0.25) is 0 Å². The highest BCUT2D eigenvalue weighted by Crippen LogP contribution is 2.49. The van der Waals surface area contributed by atoms with Crippen LogP contribution in [0.1, 0.15) is 16.7 Å². The Morgan fingerprint density at radius 2 is 0.741 bits per heavy atom. The highest BCUT2D eigenvalue weighted by atomic mass is 35.5. The van der Waals surface area contributed by atoms with E-state index in [1.807, 2.05) is 57.2 Å². The van der Waals surface area contributed by atoms with Crippen molar-refractivity contribution in [2.24, 2.45) is 0 Å². The molecule has 0 aliphatic carbocycles. The summed E-state index contributed by atoms with van der Waals surface area (Å²) in [5.41, 5.74) is 3.23. The van der Waals surface area contributed by atoms with Crippen molar-refractivity contribution in [3.05, 3.63) is 89.5 Å². The van der Waals surface area contributed by atoms with Gasteiger partial charge in [0.05, 0.1) is 0 Å². The molecule has 0 unspecified atom stereocenters. The molecule has 0 saturated heterocycles. The fourth-order valence-electron chi connectivity index (χ4n) is 2.24. The van der Waals surface area contributed by atoms with Gasteiger partial charge in [-0.15, -0.1) is 12.4 Å². The van der Waals surface area contributed by atoms with E-state index in [0.717, 1.165) is 16.7 Å². The average Bonchev–Trinajstić information content (AvgIpc) is 2.61. The number of halogens is 1. The predicted molar refractivity (Wildman–Crippen MR) is 110 cm³/mol. The summed E-state index contributed by atoms with van der Waals surface area (Å²) in [6.45, 7) is 5.90. The molecule has 6 heteroatoms. The summed E-state index contributed by atoms with van der Waals surface area (Å²) in [5.74, 6) is 1.24. The molecule has 0 aliphatic heterocycles. The minimum absolute atomic E-state index is 0. The lowest BCUT2D eigenvalue weighted by molar-refractivity contribution is 0.298. The lowest BCUT2D eigenvalue weighted by Crippen LogP contribution is -2.07. The van der Waals surface area contributed by atoms with E-state index in [9.17, 15) is 4.57 Å². The van der Waals surface area contributed by atoms with E-state index >= 15 is 0 Å². The molecule has 0 aliphatic rings. The fraction of sp³-hybridized carbons (Fsp3) is 0.143. The molecule has 3 aromatic carbocycles. The Morgan fingerprint density at radius 3 is 0.963 bits per heavy atom. The van der Waals surface area contributed by atoms with Crippen molar-refractivity contribution in [3.8, 4) is 17.2 Å². The third kappa shape index (κ3) is 6.06. The zero-order valence-corrected chi connectivity index (χ0v) is 17.1. The summed E-state index contributed by atoms with van der Waals surface area (Å²) in [7, 11) is -3.93. The maximum absolute atomic E-state index is 13.3. The number of phosphoric ester groups is 1. The highest BCUT2D eigenvalue weighted by molar-refractivity contribution is 7.49. The number of hydrogen-bond acceptors (Lipinski definition) is 4. The Morgan fingerprint density at radius 1 is 0.519 bits per heavy atom. The van der Waals surface area contributed by atoms with E-state index in [1.165, 1.54) is 0 Å². The molecule has 0 spiro atoms. The zero-order chi connectivity index (χ0) is 18.6. The number of phosphoric acid groups is 1. The first-order chi connectivity index (χ1) is 12.4. The van der Waals surface area contributed by atoms with Crippen LogP contribution in [0.2, 0.25) is 0 Å². The van der Waals surface area contributed by atoms with Crippen LogP contribution in [0.25, 0.3) is 0 Å². The van der Waals surface area contributed by atoms with Gasteiger partial charge in [0.25, 0.3) is 0 Å². The first-order valence-electron chi connectivity index (χ1n) is 8.31. The van der Waals surface area contributed by atoms with Crippen LogP contribution in [0.4, 0.5) is 0 Å². The topological polar surface area (TPSA) is 44.8 Å². The van der Waals surface area contributed by atoms with Crippen molar-refractivity contribution in [2.75, 3.05) is 0 Å². The van der Waals surface area contributed by atoms with Crippen molar-refractivity contribution in [3.63, 3.8) is 0 Å². The summed E-state index contributed by atoms with van der Waals surface area (Å²) >= 11 is 0. The Hall–Kier alpha value is -2.42. The maximum Gasteiger partial charge on any atom is 0.647 e. The molecule has 3 rings (SSSR count). The Labute approximate surface area is 166 Å². The van der Waals surface area contributed by atoms with E-state index in [0.29, 0.717) is 17.2 Å². The third-order valence-corrected chi connectivity index (χ3v) is 5.02. The highest BCUT2D eigenvalue weighted by Gasteiger charge is 2.33. The molecule has 0 heterocycles. The molecule has 0 N–H and O–H groups in total. The minimum atomic E-state index is -3.93. The van der Waals surface area contributed by atoms with Crippen LogP contribution in [-0.2, 0) is 4.57 Å². The van der Waals surface area contributed by atoms with Crippen LogP contribution in [0.5, 0.6) is 17.2 Å². The van der Waals surface area contributed by atoms with Crippen LogP contribution < -0.4 is 13.6 Å². The second kappa shape index (κ2) is 8.98. The van der Waals surface area contributed by atoms with Crippen LogP contribution in [0.3, 0.4) is 0 Å². The van der Waals surface area contributed by atoms with Crippen LogP contribution in [0.15, 0.2) is 72.8 Å². The molecule has 142 valence electrons. The summed E-state index contributed by atoms with van der Waals surface area (Å²) < 4.78 is 30.2. The Kier molecular flexibility index (Phi) is 6.95. The van der Waals surface area contributed by atoms with Crippen molar-refractivity contribution in [2.45, 2.75) is 20.8 Å². The lowest BCUT2D eigenvalue weighted by atomic mass is 10.2. The molecule has 0 atom stereocenters. The monoisotopic (exact) mass is 404 g/mol. The second-order valence-corrected chi connectivity index (χ2v) is 7.60. The molecule has 0 radical (unpaired) electrons. The van der Waals surface area contributed by atoms with Crippen molar-refractivity contribution in [1.82, 2.24) is 0 Å². The molecule has 0 amide bonds. The van der Waals surface area contributed by atoms with Gasteiger partial charge in [-0.1, -0.05) is 53.1 Å². The van der Waals surface area contributed by atoms with E-state index in [2.05, 4.69) is 0 Å². The fourth-order valence-corrected chi connectivity index (χ4v) is 3.49. The minimum Gasteiger partial charge on any atom is -0.386 e. The molecule has 0 fully saturated rings. The van der Waals surface area contributed by atoms with Gasteiger partial charge in [0.1, 0.15) is 17.2 Å². The van der Waals surface area contributed by atoms with E-state index < -0.39 is 7.82 Å². The number of aryl methyl sites for hydroxylation is 3. The Bertz CT molecular complexity index is 784. The van der Waals surface area contributed by atoms with Crippen molar-refractivity contribution < 1.29 is 18.1 Å². The van der Waals surface area contributed by atoms with Gasteiger partial charge < -0.3 is 13.6 Å². The van der Waals surface area contributed by atoms with Gasteiger partial charge in [-0.25, -0.2) is 0 Å². The third-order valence-electron chi connectivity index (χ3n) is 3.71. The number of rotatable bonds is 6. The normalized spacial score (nSPS) is 10.6. The van der Waals surface area contributed by atoms with E-state index in [4.69, 9.17) is 13.6 Å². The largest absolute Gasteiger partial charge is 0.647 e. The summed E-state index contributed by atoms with van der Waals surface area (Å²) in [5, 5.41) is 0. The van der Waals surface area contributed by atoms with Gasteiger partial charge in [-0.05, 0) is 57.2 Å². The molecular formula is C21H22ClO4P. The van der Waals surface area contributed by atoms with Gasteiger partial charge in [-0.3, -0.25) is 0 Å².